The van der Waals surface area contributed by atoms with Crippen LogP contribution < -0.4 is 0 Å². The number of carbonyl (C=O) groups excluding carboxylic acids is 1. The molecule has 0 aliphatic carbocycles. The third-order valence-corrected chi connectivity index (χ3v) is 7.26. The van der Waals surface area contributed by atoms with Crippen LogP contribution in [0.3, 0.4) is 0 Å². The molecule has 0 aliphatic heterocycles. The predicted molar refractivity (Wildman–Crippen MR) is 113 cm³/mol. The molecule has 150 valence electrons. The molecule has 4 rings (SSSR count). The molecule has 0 aliphatic rings. The van der Waals surface area contributed by atoms with Crippen molar-refractivity contribution in [3.63, 3.8) is 0 Å². The number of Topliss-reactive ketones (excluding diaryl/α,β-unsaturated/α-hetero) is 1. The number of nitrogens with one attached hydrogen (secondary N) is 1. The first-order chi connectivity index (χ1) is 13.8. The number of hydrogen-bond donors (Lipinski definition) is 1. The van der Waals surface area contributed by atoms with Gasteiger partial charge < -0.3 is 9.40 Å². The van der Waals surface area contributed by atoms with Crippen molar-refractivity contribution in [3.8, 4) is 0 Å². The van der Waals surface area contributed by atoms with Crippen LogP contribution in [0, 0.1) is 6.92 Å². The van der Waals surface area contributed by atoms with Crippen molar-refractivity contribution < 1.29 is 17.6 Å². The van der Waals surface area contributed by atoms with Crippen molar-refractivity contribution in [2.75, 3.05) is 19.8 Å². The van der Waals surface area contributed by atoms with E-state index in [1.54, 1.807) is 6.07 Å². The number of H-pyrrole nitrogens is 1. The second-order valence-electron chi connectivity index (χ2n) is 6.78. The highest BCUT2D eigenvalue weighted by molar-refractivity contribution is 7.99. The van der Waals surface area contributed by atoms with E-state index in [0.29, 0.717) is 21.9 Å². The number of ketones is 1. The fraction of sp³-hybridized carbons (Fsp3) is 0.200. The molecule has 4 aromatic rings. The van der Waals surface area contributed by atoms with E-state index in [9.17, 15) is 13.2 Å². The lowest BCUT2D eigenvalue weighted by molar-refractivity contribution is 0.102. The number of para-hydroxylation sites is 1. The summed E-state index contributed by atoms with van der Waals surface area (Å²) in [6.07, 6.45) is 0. The number of aryl methyl sites for hydroxylation is 1. The Hall–Kier alpha value is -2.62. The van der Waals surface area contributed by atoms with Gasteiger partial charge in [-0.1, -0.05) is 30.0 Å². The molecule has 0 atom stereocenters. The van der Waals surface area contributed by atoms with E-state index in [-0.39, 0.29) is 16.4 Å². The summed E-state index contributed by atoms with van der Waals surface area (Å²) in [5.74, 6) is 0.140. The molecular formula is C20H19N3O4S2. The number of oxazole rings is 1. The van der Waals surface area contributed by atoms with E-state index < -0.39 is 10.0 Å². The number of thioether (sulfide) groups is 1. The molecule has 0 saturated carbocycles. The highest BCUT2D eigenvalue weighted by Crippen LogP contribution is 2.28. The van der Waals surface area contributed by atoms with E-state index >= 15 is 0 Å². The summed E-state index contributed by atoms with van der Waals surface area (Å²) in [4.78, 5) is 20.5. The summed E-state index contributed by atoms with van der Waals surface area (Å²) in [6.45, 7) is 1.88. The van der Waals surface area contributed by atoms with Crippen molar-refractivity contribution in [1.82, 2.24) is 14.3 Å². The van der Waals surface area contributed by atoms with Gasteiger partial charge in [-0.05, 0) is 31.2 Å². The van der Waals surface area contributed by atoms with Crippen LogP contribution in [-0.2, 0) is 10.0 Å². The quantitative estimate of drug-likeness (QED) is 0.369. The Kier molecular flexibility index (Phi) is 4.97. The van der Waals surface area contributed by atoms with Crippen LogP contribution in [0.5, 0.6) is 0 Å². The molecule has 2 heterocycles. The van der Waals surface area contributed by atoms with Gasteiger partial charge in [0.1, 0.15) is 5.52 Å². The van der Waals surface area contributed by atoms with Crippen LogP contribution in [-0.4, -0.2) is 48.3 Å². The number of aromatic nitrogens is 2. The SMILES string of the molecule is Cc1[nH]c2ccccc2c1C(=O)CSc1nc2cc(S(=O)(=O)N(C)C)ccc2o1. The Balaban J connectivity index is 1.57. The molecule has 9 heteroatoms. The number of aromatic amines is 1. The Morgan fingerprint density at radius 3 is 2.72 bits per heavy atom. The first kappa shape index (κ1) is 19.7. The molecular weight excluding hydrogens is 410 g/mol. The topological polar surface area (TPSA) is 96.3 Å². The summed E-state index contributed by atoms with van der Waals surface area (Å²) in [6, 6.07) is 12.2. The minimum atomic E-state index is -3.55. The summed E-state index contributed by atoms with van der Waals surface area (Å²) in [7, 11) is -0.604. The lowest BCUT2D eigenvalue weighted by Gasteiger charge is -2.10. The maximum Gasteiger partial charge on any atom is 0.257 e. The number of nitrogens with zero attached hydrogens (tertiary/aromatic N) is 2. The number of rotatable bonds is 6. The first-order valence-electron chi connectivity index (χ1n) is 8.84. The number of fused-ring (bicyclic) bond motifs is 2. The van der Waals surface area contributed by atoms with E-state index in [1.165, 1.54) is 38.0 Å². The second-order valence-corrected chi connectivity index (χ2v) is 9.86. The standard InChI is InChI=1S/C20H19N3O4S2/c1-12-19(14-6-4-5-7-15(14)21-12)17(24)11-28-20-22-16-10-13(8-9-18(16)27-20)29(25,26)23(2)3/h4-10,21H,11H2,1-3H3. The van der Waals surface area contributed by atoms with Gasteiger partial charge in [-0.3, -0.25) is 4.79 Å². The Morgan fingerprint density at radius 1 is 1.21 bits per heavy atom. The monoisotopic (exact) mass is 429 g/mol. The highest BCUT2D eigenvalue weighted by Gasteiger charge is 2.20. The first-order valence-corrected chi connectivity index (χ1v) is 11.3. The zero-order chi connectivity index (χ0) is 20.8. The van der Waals surface area contributed by atoms with Crippen LogP contribution in [0.25, 0.3) is 22.0 Å². The van der Waals surface area contributed by atoms with Gasteiger partial charge in [0, 0.05) is 36.3 Å². The van der Waals surface area contributed by atoms with Gasteiger partial charge >= 0.3 is 0 Å². The lowest BCUT2D eigenvalue weighted by Crippen LogP contribution is -2.22. The smallest absolute Gasteiger partial charge is 0.257 e. The fourth-order valence-electron chi connectivity index (χ4n) is 3.15. The molecule has 0 fully saturated rings. The number of benzene rings is 2. The predicted octanol–water partition coefficient (Wildman–Crippen LogP) is 3.84. The van der Waals surface area contributed by atoms with Gasteiger partial charge in [0.15, 0.2) is 11.4 Å². The van der Waals surface area contributed by atoms with Crippen LogP contribution in [0.1, 0.15) is 16.1 Å². The molecule has 0 radical (unpaired) electrons. The molecule has 0 bridgehead atoms. The van der Waals surface area contributed by atoms with Gasteiger partial charge in [-0.15, -0.1) is 0 Å². The number of sulfonamides is 1. The van der Waals surface area contributed by atoms with Gasteiger partial charge in [0.25, 0.3) is 5.22 Å². The summed E-state index contributed by atoms with van der Waals surface area (Å²) < 4.78 is 31.4. The van der Waals surface area contributed by atoms with Crippen molar-refractivity contribution in [2.24, 2.45) is 0 Å². The minimum absolute atomic E-state index is 0.0249. The van der Waals surface area contributed by atoms with Crippen LogP contribution in [0.4, 0.5) is 0 Å². The van der Waals surface area contributed by atoms with E-state index in [2.05, 4.69) is 9.97 Å². The van der Waals surface area contributed by atoms with Gasteiger partial charge in [-0.2, -0.15) is 0 Å². The molecule has 0 saturated heterocycles. The Morgan fingerprint density at radius 2 is 1.97 bits per heavy atom. The average molecular weight is 430 g/mol. The van der Waals surface area contributed by atoms with Crippen LogP contribution in [0.15, 0.2) is 57.0 Å². The third-order valence-electron chi connectivity index (χ3n) is 4.62. The molecule has 29 heavy (non-hydrogen) atoms. The third kappa shape index (κ3) is 3.57. The van der Waals surface area contributed by atoms with Crippen LogP contribution in [0.2, 0.25) is 0 Å². The summed E-state index contributed by atoms with van der Waals surface area (Å²) >= 11 is 1.19. The largest absolute Gasteiger partial charge is 0.431 e. The molecule has 0 amide bonds. The van der Waals surface area contributed by atoms with Gasteiger partial charge in [-0.25, -0.2) is 17.7 Å². The van der Waals surface area contributed by atoms with E-state index in [1.807, 2.05) is 31.2 Å². The zero-order valence-corrected chi connectivity index (χ0v) is 17.7. The van der Waals surface area contributed by atoms with Crippen molar-refractivity contribution in [1.29, 1.82) is 0 Å². The summed E-state index contributed by atoms with van der Waals surface area (Å²) in [5.41, 5.74) is 3.33. The minimum Gasteiger partial charge on any atom is -0.431 e. The van der Waals surface area contributed by atoms with Gasteiger partial charge in [0.2, 0.25) is 10.0 Å². The molecule has 2 aromatic carbocycles. The second kappa shape index (κ2) is 7.33. The molecule has 7 nitrogen and oxygen atoms in total. The van der Waals surface area contributed by atoms with Crippen molar-refractivity contribution in [3.05, 3.63) is 53.7 Å². The normalized spacial score (nSPS) is 12.3. The maximum absolute atomic E-state index is 12.8. The van der Waals surface area contributed by atoms with E-state index in [0.717, 1.165) is 20.9 Å². The van der Waals surface area contributed by atoms with Crippen LogP contribution >= 0.6 is 11.8 Å². The molecule has 1 N–H and O–H groups in total. The Bertz CT molecular complexity index is 1340. The molecule has 0 spiro atoms. The highest BCUT2D eigenvalue weighted by atomic mass is 32.2. The van der Waals surface area contributed by atoms with E-state index in [4.69, 9.17) is 4.42 Å². The molecule has 0 unspecified atom stereocenters. The van der Waals surface area contributed by atoms with Crippen molar-refractivity contribution in [2.45, 2.75) is 17.0 Å². The number of hydrogen-bond acceptors (Lipinski definition) is 6. The fourth-order valence-corrected chi connectivity index (χ4v) is 4.79. The van der Waals surface area contributed by atoms with Crippen molar-refractivity contribution >= 4 is 49.6 Å². The molecule has 2 aromatic heterocycles. The number of carbonyl (C=O) groups is 1. The van der Waals surface area contributed by atoms with Gasteiger partial charge in [0.05, 0.1) is 10.6 Å². The zero-order valence-electron chi connectivity index (χ0n) is 16.1. The Labute approximate surface area is 172 Å². The summed E-state index contributed by atoms with van der Waals surface area (Å²) in [5, 5.41) is 1.22. The maximum atomic E-state index is 12.8. The lowest BCUT2D eigenvalue weighted by atomic mass is 10.1. The average Bonchev–Trinajstić information content (AvgIpc) is 3.24.